The highest BCUT2D eigenvalue weighted by Crippen LogP contribution is 1.83. The van der Waals surface area contributed by atoms with Gasteiger partial charge in [0.15, 0.2) is 0 Å². The fraction of sp³-hybridized carbons (Fsp3) is 0.700. The Bertz CT molecular complexity index is 155. The molecule has 13 heavy (non-hydrogen) atoms. The third-order valence-corrected chi connectivity index (χ3v) is 1.65. The molecule has 0 fully saturated rings. The van der Waals surface area contributed by atoms with Crippen LogP contribution < -0.4 is 10.6 Å². The highest BCUT2D eigenvalue weighted by Gasteiger charge is 1.95. The molecule has 0 aromatic heterocycles. The number of hydrogen-bond acceptors (Lipinski definition) is 1. The SMILES string of the molecule is C/C=C/CCNC(=O)NCCCC. The third kappa shape index (κ3) is 8.92. The van der Waals surface area contributed by atoms with Gasteiger partial charge in [-0.2, -0.15) is 0 Å². The summed E-state index contributed by atoms with van der Waals surface area (Å²) in [6.07, 6.45) is 7.07. The van der Waals surface area contributed by atoms with Crippen LogP contribution in [-0.4, -0.2) is 19.1 Å². The molecule has 0 aliphatic heterocycles. The van der Waals surface area contributed by atoms with Gasteiger partial charge in [0.1, 0.15) is 0 Å². The highest BCUT2D eigenvalue weighted by molar-refractivity contribution is 5.73. The number of unbranched alkanes of at least 4 members (excludes halogenated alkanes) is 1. The van der Waals surface area contributed by atoms with Gasteiger partial charge >= 0.3 is 6.03 Å². The summed E-state index contributed by atoms with van der Waals surface area (Å²) < 4.78 is 0. The first-order valence-electron chi connectivity index (χ1n) is 4.94. The summed E-state index contributed by atoms with van der Waals surface area (Å²) in [5.41, 5.74) is 0. The summed E-state index contributed by atoms with van der Waals surface area (Å²) >= 11 is 0. The predicted octanol–water partition coefficient (Wildman–Crippen LogP) is 2.05. The Hall–Kier alpha value is -0.990. The van der Waals surface area contributed by atoms with Crippen LogP contribution in [0.2, 0.25) is 0 Å². The summed E-state index contributed by atoms with van der Waals surface area (Å²) in [5.74, 6) is 0. The van der Waals surface area contributed by atoms with E-state index in [0.29, 0.717) is 6.54 Å². The fourth-order valence-corrected chi connectivity index (χ4v) is 0.877. The van der Waals surface area contributed by atoms with Crippen LogP contribution in [0.4, 0.5) is 4.79 Å². The number of carbonyl (C=O) groups excluding carboxylic acids is 1. The topological polar surface area (TPSA) is 41.1 Å². The largest absolute Gasteiger partial charge is 0.338 e. The minimum atomic E-state index is -0.0575. The molecule has 0 aliphatic rings. The lowest BCUT2D eigenvalue weighted by Gasteiger charge is -2.04. The van der Waals surface area contributed by atoms with E-state index in [1.54, 1.807) is 0 Å². The van der Waals surface area contributed by atoms with E-state index in [1.807, 2.05) is 19.1 Å². The van der Waals surface area contributed by atoms with Gasteiger partial charge in [0.05, 0.1) is 0 Å². The van der Waals surface area contributed by atoms with Crippen molar-refractivity contribution in [2.45, 2.75) is 33.1 Å². The first kappa shape index (κ1) is 12.0. The molecule has 76 valence electrons. The lowest BCUT2D eigenvalue weighted by atomic mass is 10.3. The molecule has 0 unspecified atom stereocenters. The molecule has 0 radical (unpaired) electrons. The highest BCUT2D eigenvalue weighted by atomic mass is 16.2. The normalized spacial score (nSPS) is 10.3. The van der Waals surface area contributed by atoms with Crippen molar-refractivity contribution in [2.75, 3.05) is 13.1 Å². The molecule has 0 rings (SSSR count). The van der Waals surface area contributed by atoms with Gasteiger partial charge in [0, 0.05) is 13.1 Å². The van der Waals surface area contributed by atoms with Crippen LogP contribution in [0.25, 0.3) is 0 Å². The number of allylic oxidation sites excluding steroid dienone is 1. The van der Waals surface area contributed by atoms with Crippen LogP contribution in [0.15, 0.2) is 12.2 Å². The van der Waals surface area contributed by atoms with E-state index >= 15 is 0 Å². The van der Waals surface area contributed by atoms with Crippen molar-refractivity contribution in [2.24, 2.45) is 0 Å². The van der Waals surface area contributed by atoms with Crippen LogP contribution in [-0.2, 0) is 0 Å². The number of hydrogen-bond donors (Lipinski definition) is 2. The van der Waals surface area contributed by atoms with E-state index < -0.39 is 0 Å². The molecule has 0 aromatic carbocycles. The lowest BCUT2D eigenvalue weighted by molar-refractivity contribution is 0.241. The van der Waals surface area contributed by atoms with Crippen molar-refractivity contribution in [3.63, 3.8) is 0 Å². The lowest BCUT2D eigenvalue weighted by Crippen LogP contribution is -2.36. The number of urea groups is 1. The minimum Gasteiger partial charge on any atom is -0.338 e. The van der Waals surface area contributed by atoms with E-state index in [9.17, 15) is 4.79 Å². The maximum atomic E-state index is 11.0. The maximum absolute atomic E-state index is 11.0. The predicted molar refractivity (Wildman–Crippen MR) is 55.7 cm³/mol. The van der Waals surface area contributed by atoms with Crippen LogP contribution in [0.5, 0.6) is 0 Å². The van der Waals surface area contributed by atoms with E-state index in [-0.39, 0.29) is 6.03 Å². The molecule has 0 heterocycles. The van der Waals surface area contributed by atoms with Gasteiger partial charge in [-0.05, 0) is 19.8 Å². The Morgan fingerprint density at radius 1 is 1.31 bits per heavy atom. The number of nitrogens with one attached hydrogen (secondary N) is 2. The van der Waals surface area contributed by atoms with Crippen LogP contribution in [0.1, 0.15) is 33.1 Å². The number of amides is 2. The average molecular weight is 184 g/mol. The zero-order chi connectivity index (χ0) is 9.94. The van der Waals surface area contributed by atoms with Gasteiger partial charge in [-0.15, -0.1) is 0 Å². The minimum absolute atomic E-state index is 0.0575. The number of rotatable bonds is 6. The molecule has 3 heteroatoms. The van der Waals surface area contributed by atoms with Crippen molar-refractivity contribution in [1.29, 1.82) is 0 Å². The van der Waals surface area contributed by atoms with Crippen molar-refractivity contribution in [3.8, 4) is 0 Å². The third-order valence-electron chi connectivity index (χ3n) is 1.65. The Kier molecular flexibility index (Phi) is 8.41. The van der Waals surface area contributed by atoms with Gasteiger partial charge in [-0.3, -0.25) is 0 Å². The molecule has 0 saturated carbocycles. The second kappa shape index (κ2) is 9.10. The Morgan fingerprint density at radius 3 is 2.62 bits per heavy atom. The summed E-state index contributed by atoms with van der Waals surface area (Å²) in [4.78, 5) is 11.0. The standard InChI is InChI=1S/C10H20N2O/c1-3-5-7-9-12-10(13)11-8-6-4-2/h3,5H,4,6-9H2,1-2H3,(H2,11,12,13)/b5-3+. The van der Waals surface area contributed by atoms with Crippen LogP contribution in [0.3, 0.4) is 0 Å². The summed E-state index contributed by atoms with van der Waals surface area (Å²) in [6, 6.07) is -0.0575. The molecule has 2 N–H and O–H groups in total. The monoisotopic (exact) mass is 184 g/mol. The molecule has 0 atom stereocenters. The summed E-state index contributed by atoms with van der Waals surface area (Å²) in [5, 5.41) is 5.56. The first-order valence-corrected chi connectivity index (χ1v) is 4.94. The fourth-order valence-electron chi connectivity index (χ4n) is 0.877. The molecular formula is C10H20N2O. The van der Waals surface area contributed by atoms with Crippen LogP contribution in [0, 0.1) is 0 Å². The summed E-state index contributed by atoms with van der Waals surface area (Å²) in [7, 11) is 0. The Balaban J connectivity index is 3.20. The number of carbonyl (C=O) groups is 1. The maximum Gasteiger partial charge on any atom is 0.314 e. The van der Waals surface area contributed by atoms with E-state index in [2.05, 4.69) is 17.6 Å². The molecule has 0 saturated heterocycles. The van der Waals surface area contributed by atoms with E-state index in [1.165, 1.54) is 0 Å². The zero-order valence-electron chi connectivity index (χ0n) is 8.60. The molecule has 2 amide bonds. The average Bonchev–Trinajstić information content (AvgIpc) is 2.13. The first-order chi connectivity index (χ1) is 6.31. The van der Waals surface area contributed by atoms with Gasteiger partial charge in [-0.25, -0.2) is 4.79 Å². The smallest absolute Gasteiger partial charge is 0.314 e. The Morgan fingerprint density at radius 2 is 2.00 bits per heavy atom. The zero-order valence-corrected chi connectivity index (χ0v) is 8.60. The van der Waals surface area contributed by atoms with Gasteiger partial charge in [0.2, 0.25) is 0 Å². The second-order valence-corrected chi connectivity index (χ2v) is 2.89. The van der Waals surface area contributed by atoms with Gasteiger partial charge in [0.25, 0.3) is 0 Å². The summed E-state index contributed by atoms with van der Waals surface area (Å²) in [6.45, 7) is 5.56. The van der Waals surface area contributed by atoms with Crippen LogP contribution >= 0.6 is 0 Å². The van der Waals surface area contributed by atoms with E-state index in [4.69, 9.17) is 0 Å². The Labute approximate surface area is 80.6 Å². The van der Waals surface area contributed by atoms with Crippen molar-refractivity contribution in [1.82, 2.24) is 10.6 Å². The van der Waals surface area contributed by atoms with Crippen molar-refractivity contribution < 1.29 is 4.79 Å². The molecule has 0 spiro atoms. The molecule has 0 aliphatic carbocycles. The quantitative estimate of drug-likeness (QED) is 0.481. The molecule has 0 aromatic rings. The van der Waals surface area contributed by atoms with Gasteiger partial charge < -0.3 is 10.6 Å². The van der Waals surface area contributed by atoms with E-state index in [0.717, 1.165) is 25.8 Å². The molecule has 3 nitrogen and oxygen atoms in total. The van der Waals surface area contributed by atoms with Crippen molar-refractivity contribution in [3.05, 3.63) is 12.2 Å². The molecular weight excluding hydrogens is 164 g/mol. The molecule has 0 bridgehead atoms. The van der Waals surface area contributed by atoms with Gasteiger partial charge in [-0.1, -0.05) is 25.5 Å². The second-order valence-electron chi connectivity index (χ2n) is 2.89. The van der Waals surface area contributed by atoms with Crippen molar-refractivity contribution >= 4 is 6.03 Å².